The summed E-state index contributed by atoms with van der Waals surface area (Å²) in [5, 5.41) is 0. The molecule has 1 saturated carbocycles. The zero-order valence-corrected chi connectivity index (χ0v) is 9.06. The SMILES string of the molecule is COC(=O)C1CCC(N)C(C(=O)OC)C1. The summed E-state index contributed by atoms with van der Waals surface area (Å²) in [7, 11) is 2.68. The smallest absolute Gasteiger partial charge is 0.310 e. The summed E-state index contributed by atoms with van der Waals surface area (Å²) in [5.41, 5.74) is 5.81. The van der Waals surface area contributed by atoms with E-state index in [9.17, 15) is 9.59 Å². The lowest BCUT2D eigenvalue weighted by molar-refractivity contribution is -0.152. The van der Waals surface area contributed by atoms with E-state index in [0.29, 0.717) is 19.3 Å². The molecule has 86 valence electrons. The van der Waals surface area contributed by atoms with Gasteiger partial charge in [-0.2, -0.15) is 0 Å². The van der Waals surface area contributed by atoms with E-state index < -0.39 is 0 Å². The Kier molecular flexibility index (Phi) is 4.08. The fourth-order valence-electron chi connectivity index (χ4n) is 2.00. The molecule has 0 aromatic rings. The van der Waals surface area contributed by atoms with Gasteiger partial charge in [0, 0.05) is 6.04 Å². The topological polar surface area (TPSA) is 78.6 Å². The molecule has 1 aliphatic rings. The van der Waals surface area contributed by atoms with Gasteiger partial charge in [0.1, 0.15) is 0 Å². The molecule has 15 heavy (non-hydrogen) atoms. The summed E-state index contributed by atoms with van der Waals surface area (Å²) in [6.07, 6.45) is 1.77. The van der Waals surface area contributed by atoms with Crippen LogP contribution in [0.2, 0.25) is 0 Å². The van der Waals surface area contributed by atoms with Gasteiger partial charge in [-0.25, -0.2) is 0 Å². The Morgan fingerprint density at radius 1 is 1.13 bits per heavy atom. The molecule has 0 amide bonds. The monoisotopic (exact) mass is 215 g/mol. The van der Waals surface area contributed by atoms with Crippen LogP contribution in [0.15, 0.2) is 0 Å². The average Bonchev–Trinajstić information content (AvgIpc) is 2.27. The van der Waals surface area contributed by atoms with Crippen molar-refractivity contribution in [2.45, 2.75) is 25.3 Å². The van der Waals surface area contributed by atoms with Crippen LogP contribution >= 0.6 is 0 Å². The minimum absolute atomic E-state index is 0.210. The molecule has 0 heterocycles. The number of carbonyl (C=O) groups excluding carboxylic acids is 2. The van der Waals surface area contributed by atoms with Crippen molar-refractivity contribution in [1.82, 2.24) is 0 Å². The van der Waals surface area contributed by atoms with E-state index in [4.69, 9.17) is 5.73 Å². The van der Waals surface area contributed by atoms with Crippen molar-refractivity contribution in [2.24, 2.45) is 17.6 Å². The first-order valence-electron chi connectivity index (χ1n) is 5.01. The van der Waals surface area contributed by atoms with Crippen molar-refractivity contribution >= 4 is 11.9 Å². The molecule has 3 atom stereocenters. The van der Waals surface area contributed by atoms with E-state index in [-0.39, 0.29) is 29.8 Å². The summed E-state index contributed by atoms with van der Waals surface area (Å²) < 4.78 is 9.31. The molecule has 5 nitrogen and oxygen atoms in total. The Morgan fingerprint density at radius 3 is 2.27 bits per heavy atom. The molecule has 0 aromatic heterocycles. The summed E-state index contributed by atoms with van der Waals surface area (Å²) in [6, 6.07) is -0.210. The highest BCUT2D eigenvalue weighted by atomic mass is 16.5. The van der Waals surface area contributed by atoms with Crippen molar-refractivity contribution in [3.63, 3.8) is 0 Å². The number of nitrogens with two attached hydrogens (primary N) is 1. The van der Waals surface area contributed by atoms with Crippen LogP contribution in [0.5, 0.6) is 0 Å². The summed E-state index contributed by atoms with van der Waals surface area (Å²) in [4.78, 5) is 22.7. The fraction of sp³-hybridized carbons (Fsp3) is 0.800. The summed E-state index contributed by atoms with van der Waals surface area (Å²) in [6.45, 7) is 0. The first-order chi connectivity index (χ1) is 7.10. The molecular formula is C10H17NO4. The molecule has 1 rings (SSSR count). The van der Waals surface area contributed by atoms with E-state index in [2.05, 4.69) is 9.47 Å². The van der Waals surface area contributed by atoms with Gasteiger partial charge < -0.3 is 15.2 Å². The molecule has 0 aliphatic heterocycles. The van der Waals surface area contributed by atoms with Crippen molar-refractivity contribution in [3.05, 3.63) is 0 Å². The summed E-state index contributed by atoms with van der Waals surface area (Å²) >= 11 is 0. The number of methoxy groups -OCH3 is 2. The van der Waals surface area contributed by atoms with E-state index >= 15 is 0 Å². The summed E-state index contributed by atoms with van der Waals surface area (Å²) in [5.74, 6) is -1.21. The van der Waals surface area contributed by atoms with Crippen LogP contribution in [0.1, 0.15) is 19.3 Å². The van der Waals surface area contributed by atoms with Gasteiger partial charge in [-0.1, -0.05) is 0 Å². The predicted molar refractivity (Wildman–Crippen MR) is 52.8 cm³/mol. The van der Waals surface area contributed by atoms with Crippen LogP contribution in [0.25, 0.3) is 0 Å². The highest BCUT2D eigenvalue weighted by molar-refractivity contribution is 5.77. The molecule has 0 aromatic carbocycles. The van der Waals surface area contributed by atoms with Gasteiger partial charge >= 0.3 is 11.9 Å². The molecule has 1 fully saturated rings. The van der Waals surface area contributed by atoms with Crippen LogP contribution in [0, 0.1) is 11.8 Å². The predicted octanol–water partition coefficient (Wildman–Crippen LogP) is 0.0760. The maximum Gasteiger partial charge on any atom is 0.310 e. The van der Waals surface area contributed by atoms with Crippen molar-refractivity contribution in [1.29, 1.82) is 0 Å². The molecule has 0 spiro atoms. The van der Waals surface area contributed by atoms with Crippen LogP contribution in [-0.4, -0.2) is 32.2 Å². The minimum Gasteiger partial charge on any atom is -0.469 e. The highest BCUT2D eigenvalue weighted by Gasteiger charge is 2.37. The van der Waals surface area contributed by atoms with Crippen molar-refractivity contribution in [2.75, 3.05) is 14.2 Å². The molecular weight excluding hydrogens is 198 g/mol. The third-order valence-corrected chi connectivity index (χ3v) is 2.94. The lowest BCUT2D eigenvalue weighted by Gasteiger charge is -2.30. The largest absolute Gasteiger partial charge is 0.469 e. The van der Waals surface area contributed by atoms with Gasteiger partial charge in [0.2, 0.25) is 0 Å². The van der Waals surface area contributed by atoms with E-state index in [1.165, 1.54) is 14.2 Å². The zero-order valence-electron chi connectivity index (χ0n) is 9.06. The Morgan fingerprint density at radius 2 is 1.73 bits per heavy atom. The fourth-order valence-corrected chi connectivity index (χ4v) is 2.00. The Hall–Kier alpha value is -1.10. The minimum atomic E-state index is -0.382. The standard InChI is InChI=1S/C10H17NO4/c1-14-9(12)6-3-4-8(11)7(5-6)10(13)15-2/h6-8H,3-5,11H2,1-2H3. The third kappa shape index (κ3) is 2.68. The van der Waals surface area contributed by atoms with Crippen LogP contribution in [-0.2, 0) is 19.1 Å². The number of esters is 2. The van der Waals surface area contributed by atoms with E-state index in [1.807, 2.05) is 0 Å². The second-order valence-electron chi connectivity index (χ2n) is 3.83. The van der Waals surface area contributed by atoms with Gasteiger partial charge in [-0.15, -0.1) is 0 Å². The Labute approximate surface area is 88.9 Å². The van der Waals surface area contributed by atoms with Gasteiger partial charge in [-0.05, 0) is 19.3 Å². The Bertz CT molecular complexity index is 254. The van der Waals surface area contributed by atoms with E-state index in [0.717, 1.165) is 0 Å². The second-order valence-corrected chi connectivity index (χ2v) is 3.83. The maximum absolute atomic E-state index is 11.4. The van der Waals surface area contributed by atoms with Crippen molar-refractivity contribution < 1.29 is 19.1 Å². The van der Waals surface area contributed by atoms with Gasteiger partial charge in [0.15, 0.2) is 0 Å². The number of hydrogen-bond donors (Lipinski definition) is 1. The molecule has 0 saturated heterocycles. The lowest BCUT2D eigenvalue weighted by Crippen LogP contribution is -2.42. The van der Waals surface area contributed by atoms with E-state index in [1.54, 1.807) is 0 Å². The average molecular weight is 215 g/mol. The first kappa shape index (κ1) is 12.0. The van der Waals surface area contributed by atoms with Gasteiger partial charge in [0.05, 0.1) is 26.1 Å². The number of hydrogen-bond acceptors (Lipinski definition) is 5. The maximum atomic E-state index is 11.4. The molecule has 5 heteroatoms. The Balaban J connectivity index is 2.63. The third-order valence-electron chi connectivity index (χ3n) is 2.94. The van der Waals surface area contributed by atoms with Gasteiger partial charge in [-0.3, -0.25) is 9.59 Å². The van der Waals surface area contributed by atoms with Crippen LogP contribution < -0.4 is 5.73 Å². The number of rotatable bonds is 2. The van der Waals surface area contributed by atoms with Crippen molar-refractivity contribution in [3.8, 4) is 0 Å². The van der Waals surface area contributed by atoms with Crippen LogP contribution in [0.3, 0.4) is 0 Å². The highest BCUT2D eigenvalue weighted by Crippen LogP contribution is 2.29. The van der Waals surface area contributed by atoms with Crippen LogP contribution in [0.4, 0.5) is 0 Å². The molecule has 3 unspecified atom stereocenters. The second kappa shape index (κ2) is 5.11. The molecule has 0 radical (unpaired) electrons. The number of carbonyl (C=O) groups is 2. The lowest BCUT2D eigenvalue weighted by atomic mass is 9.78. The quantitative estimate of drug-likeness (QED) is 0.660. The molecule has 0 bridgehead atoms. The number of ether oxygens (including phenoxy) is 2. The first-order valence-corrected chi connectivity index (χ1v) is 5.01. The van der Waals surface area contributed by atoms with Gasteiger partial charge in [0.25, 0.3) is 0 Å². The zero-order chi connectivity index (χ0) is 11.4. The molecule has 1 aliphatic carbocycles. The normalized spacial score (nSPS) is 30.7. The molecule has 2 N–H and O–H groups in total.